The molecule has 1 aliphatic rings. The van der Waals surface area contributed by atoms with E-state index in [1.54, 1.807) is 6.20 Å². The van der Waals surface area contributed by atoms with Crippen LogP contribution in [0, 0.1) is 0 Å². The van der Waals surface area contributed by atoms with Gasteiger partial charge in [0, 0.05) is 38.4 Å². The van der Waals surface area contributed by atoms with Crippen LogP contribution in [0.15, 0.2) is 24.4 Å². The summed E-state index contributed by atoms with van der Waals surface area (Å²) in [5.41, 5.74) is 6.93. The Morgan fingerprint density at radius 2 is 1.90 bits per heavy atom. The van der Waals surface area contributed by atoms with E-state index in [4.69, 9.17) is 5.73 Å². The van der Waals surface area contributed by atoms with E-state index in [0.717, 1.165) is 5.69 Å². The molecule has 21 heavy (non-hydrogen) atoms. The monoisotopic (exact) mass is 302 g/mol. The summed E-state index contributed by atoms with van der Waals surface area (Å²) in [5.74, 6) is 0. The van der Waals surface area contributed by atoms with Gasteiger partial charge >= 0.3 is 6.18 Å². The fourth-order valence-electron chi connectivity index (χ4n) is 2.79. The molecule has 0 bridgehead atoms. The van der Waals surface area contributed by atoms with Crippen molar-refractivity contribution < 1.29 is 13.2 Å². The van der Waals surface area contributed by atoms with Gasteiger partial charge in [-0.05, 0) is 19.1 Å². The van der Waals surface area contributed by atoms with Crippen LogP contribution in [-0.4, -0.2) is 59.7 Å². The second-order valence-corrected chi connectivity index (χ2v) is 5.49. The van der Waals surface area contributed by atoms with Crippen LogP contribution in [0.3, 0.4) is 0 Å². The van der Waals surface area contributed by atoms with Crippen molar-refractivity contribution in [3.05, 3.63) is 30.1 Å². The van der Waals surface area contributed by atoms with Crippen LogP contribution >= 0.6 is 0 Å². The zero-order valence-electron chi connectivity index (χ0n) is 12.1. The lowest BCUT2D eigenvalue weighted by Gasteiger charge is -2.40. The van der Waals surface area contributed by atoms with E-state index >= 15 is 0 Å². The van der Waals surface area contributed by atoms with Gasteiger partial charge in [0.15, 0.2) is 0 Å². The number of hydrogen-bond acceptors (Lipinski definition) is 4. The Morgan fingerprint density at radius 1 is 1.24 bits per heavy atom. The molecular formula is C14H21F3N4. The summed E-state index contributed by atoms with van der Waals surface area (Å²) in [7, 11) is 0. The first-order chi connectivity index (χ1) is 9.87. The van der Waals surface area contributed by atoms with Crippen LogP contribution in [0.2, 0.25) is 0 Å². The molecule has 1 saturated heterocycles. The highest BCUT2D eigenvalue weighted by Gasteiger charge is 2.34. The number of nitrogens with two attached hydrogens (primary N) is 1. The summed E-state index contributed by atoms with van der Waals surface area (Å²) in [4.78, 5) is 7.90. The van der Waals surface area contributed by atoms with Gasteiger partial charge in [-0.3, -0.25) is 14.8 Å². The lowest BCUT2D eigenvalue weighted by molar-refractivity contribution is -0.150. The highest BCUT2D eigenvalue weighted by Crippen LogP contribution is 2.24. The van der Waals surface area contributed by atoms with Crippen LogP contribution in [0.25, 0.3) is 0 Å². The number of halogens is 3. The Kier molecular flexibility index (Phi) is 5.18. The molecule has 4 nitrogen and oxygen atoms in total. The number of pyridine rings is 1. The van der Waals surface area contributed by atoms with Crippen molar-refractivity contribution in [3.8, 4) is 0 Å². The number of hydrogen-bond donors (Lipinski definition) is 1. The van der Waals surface area contributed by atoms with Gasteiger partial charge in [-0.2, -0.15) is 13.2 Å². The van der Waals surface area contributed by atoms with E-state index in [-0.39, 0.29) is 12.1 Å². The van der Waals surface area contributed by atoms with Crippen LogP contribution in [0.4, 0.5) is 13.2 Å². The molecule has 2 heterocycles. The molecule has 0 aromatic carbocycles. The predicted octanol–water partition coefficient (Wildman–Crippen LogP) is 1.65. The van der Waals surface area contributed by atoms with Crippen LogP contribution in [0.5, 0.6) is 0 Å². The standard InChI is InChI=1S/C14H21F3N4/c1-11(18)13(12-4-2-3-5-19-12)21-8-6-20(7-9-21)10-14(15,16)17/h2-5,11,13H,6-10,18H2,1H3. The lowest BCUT2D eigenvalue weighted by Crippen LogP contribution is -2.52. The normalized spacial score (nSPS) is 21.2. The van der Waals surface area contributed by atoms with E-state index in [0.29, 0.717) is 26.2 Å². The summed E-state index contributed by atoms with van der Waals surface area (Å²) in [5, 5.41) is 0. The third-order valence-electron chi connectivity index (χ3n) is 3.69. The van der Waals surface area contributed by atoms with Gasteiger partial charge in [0.25, 0.3) is 0 Å². The summed E-state index contributed by atoms with van der Waals surface area (Å²) in [6.45, 7) is 3.00. The third kappa shape index (κ3) is 4.66. The van der Waals surface area contributed by atoms with Gasteiger partial charge < -0.3 is 5.73 Å². The van der Waals surface area contributed by atoms with Crippen molar-refractivity contribution in [2.45, 2.75) is 25.2 Å². The minimum Gasteiger partial charge on any atom is -0.326 e. The van der Waals surface area contributed by atoms with Crippen molar-refractivity contribution in [2.75, 3.05) is 32.7 Å². The Bertz CT molecular complexity index is 428. The lowest BCUT2D eigenvalue weighted by atomic mass is 10.0. The van der Waals surface area contributed by atoms with Gasteiger partial charge in [0.2, 0.25) is 0 Å². The molecule has 2 rings (SSSR count). The van der Waals surface area contributed by atoms with Gasteiger partial charge in [0.05, 0.1) is 18.3 Å². The molecule has 1 fully saturated rings. The molecule has 7 heteroatoms. The molecule has 2 N–H and O–H groups in total. The highest BCUT2D eigenvalue weighted by molar-refractivity contribution is 5.11. The van der Waals surface area contributed by atoms with Crippen molar-refractivity contribution in [1.29, 1.82) is 0 Å². The van der Waals surface area contributed by atoms with Crippen molar-refractivity contribution >= 4 is 0 Å². The number of alkyl halides is 3. The Labute approximate surface area is 122 Å². The zero-order valence-corrected chi connectivity index (χ0v) is 12.1. The smallest absolute Gasteiger partial charge is 0.326 e. The largest absolute Gasteiger partial charge is 0.401 e. The maximum atomic E-state index is 12.4. The van der Waals surface area contributed by atoms with Crippen molar-refractivity contribution in [3.63, 3.8) is 0 Å². The first-order valence-corrected chi connectivity index (χ1v) is 7.06. The number of aromatic nitrogens is 1. The van der Waals surface area contributed by atoms with E-state index in [1.807, 2.05) is 25.1 Å². The van der Waals surface area contributed by atoms with E-state index in [9.17, 15) is 13.2 Å². The summed E-state index contributed by atoms with van der Waals surface area (Å²) in [6, 6.07) is 5.46. The van der Waals surface area contributed by atoms with Gasteiger partial charge in [-0.25, -0.2) is 0 Å². The second-order valence-electron chi connectivity index (χ2n) is 5.49. The maximum Gasteiger partial charge on any atom is 0.401 e. The molecule has 1 aromatic rings. The summed E-state index contributed by atoms with van der Waals surface area (Å²) >= 11 is 0. The number of nitrogens with zero attached hydrogens (tertiary/aromatic N) is 3. The molecule has 0 spiro atoms. The topological polar surface area (TPSA) is 45.4 Å². The number of piperazine rings is 1. The van der Waals surface area contributed by atoms with E-state index < -0.39 is 12.7 Å². The molecule has 0 aliphatic carbocycles. The molecule has 0 amide bonds. The summed E-state index contributed by atoms with van der Waals surface area (Å²) < 4.78 is 37.2. The molecule has 2 atom stereocenters. The Balaban J connectivity index is 1.99. The zero-order chi connectivity index (χ0) is 15.5. The minimum absolute atomic E-state index is 0.0563. The van der Waals surface area contributed by atoms with E-state index in [1.165, 1.54) is 4.90 Å². The third-order valence-corrected chi connectivity index (χ3v) is 3.69. The number of rotatable bonds is 4. The molecule has 0 saturated carbocycles. The van der Waals surface area contributed by atoms with Crippen LogP contribution in [-0.2, 0) is 0 Å². The summed E-state index contributed by atoms with van der Waals surface area (Å²) in [6.07, 6.45) is -2.42. The average Bonchev–Trinajstić information content (AvgIpc) is 2.40. The van der Waals surface area contributed by atoms with Gasteiger partial charge in [0.1, 0.15) is 0 Å². The predicted molar refractivity (Wildman–Crippen MR) is 74.7 cm³/mol. The Hall–Kier alpha value is -1.18. The molecule has 1 aliphatic heterocycles. The first-order valence-electron chi connectivity index (χ1n) is 7.06. The fraction of sp³-hybridized carbons (Fsp3) is 0.643. The van der Waals surface area contributed by atoms with Crippen molar-refractivity contribution in [1.82, 2.24) is 14.8 Å². The molecular weight excluding hydrogens is 281 g/mol. The molecule has 0 radical (unpaired) electrons. The van der Waals surface area contributed by atoms with E-state index in [2.05, 4.69) is 9.88 Å². The van der Waals surface area contributed by atoms with Gasteiger partial charge in [-0.15, -0.1) is 0 Å². The minimum atomic E-state index is -4.14. The van der Waals surface area contributed by atoms with Crippen molar-refractivity contribution in [2.24, 2.45) is 5.73 Å². The van der Waals surface area contributed by atoms with Crippen LogP contribution in [0.1, 0.15) is 18.7 Å². The van der Waals surface area contributed by atoms with Gasteiger partial charge in [-0.1, -0.05) is 6.07 Å². The SMILES string of the molecule is CC(N)C(c1ccccn1)N1CCN(CC(F)(F)F)CC1. The molecule has 118 valence electrons. The fourth-order valence-corrected chi connectivity index (χ4v) is 2.79. The molecule has 1 aromatic heterocycles. The van der Waals surface area contributed by atoms with Crippen LogP contribution < -0.4 is 5.73 Å². The molecule has 2 unspecified atom stereocenters. The maximum absolute atomic E-state index is 12.4. The quantitative estimate of drug-likeness (QED) is 0.918. The second kappa shape index (κ2) is 6.72. The highest BCUT2D eigenvalue weighted by atomic mass is 19.4. The first kappa shape index (κ1) is 16.2. The average molecular weight is 302 g/mol. The Morgan fingerprint density at radius 3 is 2.38 bits per heavy atom.